The molecular formula is C28H50N2O4. The molecule has 0 aliphatic heterocycles. The second-order valence-corrected chi connectivity index (χ2v) is 12.5. The fraction of sp³-hybridized carbons (Fsp3) is 0.929. The molecule has 2 unspecified atom stereocenters. The van der Waals surface area contributed by atoms with Crippen molar-refractivity contribution in [2.24, 2.45) is 21.1 Å². The van der Waals surface area contributed by atoms with Crippen LogP contribution in [0.1, 0.15) is 132 Å². The molecule has 2 fully saturated rings. The molecule has 0 bridgehead atoms. The van der Waals surface area contributed by atoms with Crippen molar-refractivity contribution in [2.75, 3.05) is 0 Å². The average molecular weight is 479 g/mol. The molecule has 0 radical (unpaired) electrons. The van der Waals surface area contributed by atoms with Crippen molar-refractivity contribution in [3.63, 3.8) is 0 Å². The Morgan fingerprint density at radius 1 is 0.647 bits per heavy atom. The second-order valence-electron chi connectivity index (χ2n) is 12.5. The van der Waals surface area contributed by atoms with E-state index in [-0.39, 0.29) is 24.1 Å². The minimum atomic E-state index is -1.15. The number of hydrogen-bond donors (Lipinski definition) is 0. The Hall–Kier alpha value is -1.46. The lowest BCUT2D eigenvalue weighted by Gasteiger charge is -2.42. The van der Waals surface area contributed by atoms with Crippen LogP contribution in [-0.2, 0) is 19.1 Å². The molecule has 0 spiro atoms. The summed E-state index contributed by atoms with van der Waals surface area (Å²) in [7, 11) is 0. The molecule has 6 heteroatoms. The highest BCUT2D eigenvalue weighted by Gasteiger charge is 2.55. The Morgan fingerprint density at radius 2 is 0.941 bits per heavy atom. The van der Waals surface area contributed by atoms with Gasteiger partial charge in [0.15, 0.2) is 11.1 Å². The molecule has 0 amide bonds. The quantitative estimate of drug-likeness (QED) is 0.239. The van der Waals surface area contributed by atoms with Crippen molar-refractivity contribution in [3.05, 3.63) is 0 Å². The van der Waals surface area contributed by atoms with Gasteiger partial charge in [-0.15, -0.1) is 0 Å². The molecular weight excluding hydrogens is 428 g/mol. The van der Waals surface area contributed by atoms with Crippen LogP contribution < -0.4 is 0 Å². The van der Waals surface area contributed by atoms with Crippen LogP contribution in [0.2, 0.25) is 0 Å². The van der Waals surface area contributed by atoms with Crippen molar-refractivity contribution in [2.45, 2.75) is 156 Å². The van der Waals surface area contributed by atoms with Gasteiger partial charge in [-0.05, 0) is 75.0 Å². The number of ether oxygens (including phenoxy) is 2. The largest absolute Gasteiger partial charge is 0.461 e. The molecule has 34 heavy (non-hydrogen) atoms. The van der Waals surface area contributed by atoms with E-state index in [0.29, 0.717) is 12.8 Å². The van der Waals surface area contributed by atoms with E-state index in [0.717, 1.165) is 64.2 Å². The van der Waals surface area contributed by atoms with Gasteiger partial charge in [-0.25, -0.2) is 9.59 Å². The Morgan fingerprint density at radius 3 is 1.18 bits per heavy atom. The summed E-state index contributed by atoms with van der Waals surface area (Å²) in [6.07, 6.45) is 10.5. The maximum atomic E-state index is 13.7. The standard InChI is InChI=1S/C28H50N2O4/c1-9-19-27(25(3,4)5,23(31)33-21-15-11-12-16-21)29-30-28(20-10-2,26(6,7)8)24(32)34-22-17-13-14-18-22/h21-22H,9-20H2,1-8H3. The average Bonchev–Trinajstić information content (AvgIpc) is 3.42. The van der Waals surface area contributed by atoms with Gasteiger partial charge in [0.1, 0.15) is 12.2 Å². The van der Waals surface area contributed by atoms with Gasteiger partial charge in [0.25, 0.3) is 0 Å². The predicted molar refractivity (Wildman–Crippen MR) is 136 cm³/mol. The molecule has 196 valence electrons. The van der Waals surface area contributed by atoms with Gasteiger partial charge in [-0.3, -0.25) is 0 Å². The normalized spacial score (nSPS) is 22.0. The van der Waals surface area contributed by atoms with E-state index in [1.54, 1.807) is 0 Å². The smallest absolute Gasteiger partial charge is 0.336 e. The number of azo groups is 1. The summed E-state index contributed by atoms with van der Waals surface area (Å²) in [5.41, 5.74) is -3.34. The summed E-state index contributed by atoms with van der Waals surface area (Å²) in [5.74, 6) is -0.609. The lowest BCUT2D eigenvalue weighted by atomic mass is 9.70. The van der Waals surface area contributed by atoms with Gasteiger partial charge in [-0.2, -0.15) is 10.2 Å². The highest BCUT2D eigenvalue weighted by atomic mass is 16.6. The van der Waals surface area contributed by atoms with E-state index in [4.69, 9.17) is 19.7 Å². The molecule has 2 aliphatic rings. The van der Waals surface area contributed by atoms with E-state index >= 15 is 0 Å². The fourth-order valence-corrected chi connectivity index (χ4v) is 5.45. The Kier molecular flexibility index (Phi) is 9.75. The Bertz CT molecular complexity index is 649. The first kappa shape index (κ1) is 28.8. The van der Waals surface area contributed by atoms with Gasteiger partial charge in [-0.1, -0.05) is 68.2 Å². The van der Waals surface area contributed by atoms with Crippen molar-refractivity contribution in [1.82, 2.24) is 0 Å². The van der Waals surface area contributed by atoms with Crippen molar-refractivity contribution in [3.8, 4) is 0 Å². The molecule has 0 aromatic heterocycles. The summed E-state index contributed by atoms with van der Waals surface area (Å²) in [6.45, 7) is 16.2. The van der Waals surface area contributed by atoms with Crippen LogP contribution in [0.4, 0.5) is 0 Å². The van der Waals surface area contributed by atoms with Gasteiger partial charge in [0.05, 0.1) is 0 Å². The van der Waals surface area contributed by atoms with Gasteiger partial charge < -0.3 is 9.47 Å². The van der Waals surface area contributed by atoms with Crippen LogP contribution in [0.3, 0.4) is 0 Å². The third kappa shape index (κ3) is 6.20. The SMILES string of the molecule is CCCC(N=NC(CCC)(C(=O)OC1CCCC1)C(C)(C)C)(C(=O)OC1CCCC1)C(C)(C)C. The molecule has 0 aromatic rings. The van der Waals surface area contributed by atoms with Crippen LogP contribution in [0, 0.1) is 10.8 Å². The zero-order chi connectivity index (χ0) is 25.6. The second kappa shape index (κ2) is 11.5. The van der Waals surface area contributed by atoms with Crippen molar-refractivity contribution in [1.29, 1.82) is 0 Å². The zero-order valence-electron chi connectivity index (χ0n) is 23.2. The summed E-state index contributed by atoms with van der Waals surface area (Å²) < 4.78 is 12.1. The van der Waals surface area contributed by atoms with E-state index in [2.05, 4.69) is 13.8 Å². The van der Waals surface area contributed by atoms with Crippen LogP contribution in [-0.4, -0.2) is 35.2 Å². The molecule has 6 nitrogen and oxygen atoms in total. The minimum Gasteiger partial charge on any atom is -0.461 e. The zero-order valence-corrected chi connectivity index (χ0v) is 23.2. The molecule has 2 saturated carbocycles. The lowest BCUT2D eigenvalue weighted by molar-refractivity contribution is -0.164. The van der Waals surface area contributed by atoms with Gasteiger partial charge in [0, 0.05) is 0 Å². The summed E-state index contributed by atoms with van der Waals surface area (Å²) in [6, 6.07) is 0. The molecule has 2 rings (SSSR count). The summed E-state index contributed by atoms with van der Waals surface area (Å²) >= 11 is 0. The van der Waals surface area contributed by atoms with E-state index in [1.807, 2.05) is 41.5 Å². The number of nitrogens with zero attached hydrogens (tertiary/aromatic N) is 2. The first-order valence-electron chi connectivity index (χ1n) is 13.7. The van der Waals surface area contributed by atoms with E-state index in [1.165, 1.54) is 0 Å². The van der Waals surface area contributed by atoms with Gasteiger partial charge in [0.2, 0.25) is 0 Å². The number of carbonyl (C=O) groups is 2. The van der Waals surface area contributed by atoms with Crippen molar-refractivity contribution >= 4 is 11.9 Å². The highest BCUT2D eigenvalue weighted by Crippen LogP contribution is 2.45. The lowest BCUT2D eigenvalue weighted by Crippen LogP contribution is -2.53. The third-order valence-corrected chi connectivity index (χ3v) is 7.92. The monoisotopic (exact) mass is 478 g/mol. The molecule has 0 heterocycles. The van der Waals surface area contributed by atoms with E-state index < -0.39 is 21.9 Å². The first-order chi connectivity index (χ1) is 15.8. The molecule has 0 aromatic carbocycles. The molecule has 0 N–H and O–H groups in total. The van der Waals surface area contributed by atoms with Crippen LogP contribution in [0.15, 0.2) is 10.2 Å². The summed E-state index contributed by atoms with van der Waals surface area (Å²) in [4.78, 5) is 27.5. The van der Waals surface area contributed by atoms with Crippen LogP contribution in [0.25, 0.3) is 0 Å². The van der Waals surface area contributed by atoms with Crippen LogP contribution in [0.5, 0.6) is 0 Å². The molecule has 0 saturated heterocycles. The number of esters is 2. The number of carbonyl (C=O) groups excluding carboxylic acids is 2. The maximum Gasteiger partial charge on any atom is 0.336 e. The summed E-state index contributed by atoms with van der Waals surface area (Å²) in [5, 5.41) is 9.72. The first-order valence-corrected chi connectivity index (χ1v) is 13.7. The van der Waals surface area contributed by atoms with Crippen LogP contribution >= 0.6 is 0 Å². The molecule has 2 atom stereocenters. The number of hydrogen-bond acceptors (Lipinski definition) is 6. The fourth-order valence-electron chi connectivity index (χ4n) is 5.45. The predicted octanol–water partition coefficient (Wildman–Crippen LogP) is 7.58. The maximum absolute atomic E-state index is 13.7. The van der Waals surface area contributed by atoms with E-state index in [9.17, 15) is 9.59 Å². The van der Waals surface area contributed by atoms with Gasteiger partial charge >= 0.3 is 11.9 Å². The Labute approximate surface area is 208 Å². The highest BCUT2D eigenvalue weighted by molar-refractivity contribution is 5.84. The molecule has 2 aliphatic carbocycles. The Balaban J connectivity index is 2.53. The van der Waals surface area contributed by atoms with Crippen molar-refractivity contribution < 1.29 is 19.1 Å². The minimum absolute atomic E-state index is 0.0448. The topological polar surface area (TPSA) is 77.3 Å². The third-order valence-electron chi connectivity index (χ3n) is 7.92. The number of rotatable bonds is 10.